The first-order valence-corrected chi connectivity index (χ1v) is 5.16. The molecule has 3 aromatic carbocycles. The van der Waals surface area contributed by atoms with E-state index in [1.807, 2.05) is 42.5 Å². The number of aromatic hydroxyl groups is 1. The smallest absolute Gasteiger partial charge is 0.124 e. The lowest BCUT2D eigenvalue weighted by atomic mass is 10.0. The predicted octanol–water partition coefficient (Wildman–Crippen LogP) is 3.28. The minimum absolute atomic E-state index is 0.300. The molecule has 16 heavy (non-hydrogen) atoms. The number of hydrogen-bond acceptors (Lipinski definition) is 2. The SMILES string of the molecule is Nc1ccc2c(c1)cc(O)c1ccccc12. The van der Waals surface area contributed by atoms with Gasteiger partial charge in [0.25, 0.3) is 0 Å². The van der Waals surface area contributed by atoms with Gasteiger partial charge in [0, 0.05) is 11.1 Å². The Morgan fingerprint density at radius 2 is 1.56 bits per heavy atom. The molecule has 0 bridgehead atoms. The maximum absolute atomic E-state index is 9.92. The van der Waals surface area contributed by atoms with Crippen LogP contribution in [0, 0.1) is 0 Å². The summed E-state index contributed by atoms with van der Waals surface area (Å²) in [6.45, 7) is 0. The van der Waals surface area contributed by atoms with Crippen LogP contribution in [0.5, 0.6) is 5.75 Å². The van der Waals surface area contributed by atoms with Crippen LogP contribution < -0.4 is 5.73 Å². The van der Waals surface area contributed by atoms with Crippen LogP contribution >= 0.6 is 0 Å². The van der Waals surface area contributed by atoms with Gasteiger partial charge in [-0.1, -0.05) is 30.3 Å². The summed E-state index contributed by atoms with van der Waals surface area (Å²) in [6, 6.07) is 15.3. The second kappa shape index (κ2) is 3.14. The zero-order chi connectivity index (χ0) is 11.1. The fraction of sp³-hybridized carbons (Fsp3) is 0. The molecule has 0 spiro atoms. The third kappa shape index (κ3) is 1.20. The van der Waals surface area contributed by atoms with Crippen molar-refractivity contribution in [1.29, 1.82) is 0 Å². The summed E-state index contributed by atoms with van der Waals surface area (Å²) < 4.78 is 0. The van der Waals surface area contributed by atoms with E-state index < -0.39 is 0 Å². The van der Waals surface area contributed by atoms with Gasteiger partial charge in [0.15, 0.2) is 0 Å². The van der Waals surface area contributed by atoms with Gasteiger partial charge in [-0.3, -0.25) is 0 Å². The van der Waals surface area contributed by atoms with Crippen molar-refractivity contribution in [2.24, 2.45) is 0 Å². The highest BCUT2D eigenvalue weighted by Crippen LogP contribution is 2.33. The van der Waals surface area contributed by atoms with Crippen LogP contribution in [0.3, 0.4) is 0 Å². The standard InChI is InChI=1S/C14H11NO/c15-10-5-6-11-9(7-10)8-14(16)13-4-2-1-3-12(11)13/h1-8,16H,15H2. The molecule has 0 amide bonds. The third-order valence-corrected chi connectivity index (χ3v) is 2.86. The van der Waals surface area contributed by atoms with Crippen molar-refractivity contribution in [3.05, 3.63) is 48.5 Å². The van der Waals surface area contributed by atoms with Crippen molar-refractivity contribution in [2.75, 3.05) is 5.73 Å². The fourth-order valence-electron chi connectivity index (χ4n) is 2.11. The third-order valence-electron chi connectivity index (χ3n) is 2.86. The largest absolute Gasteiger partial charge is 0.507 e. The van der Waals surface area contributed by atoms with Crippen LogP contribution in [-0.4, -0.2) is 5.11 Å². The molecule has 0 saturated carbocycles. The first-order chi connectivity index (χ1) is 7.75. The van der Waals surface area contributed by atoms with Crippen LogP contribution in [0.15, 0.2) is 48.5 Å². The van der Waals surface area contributed by atoms with Crippen molar-refractivity contribution in [1.82, 2.24) is 0 Å². The average molecular weight is 209 g/mol. The molecule has 0 atom stereocenters. The number of phenolic OH excluding ortho intramolecular Hbond substituents is 1. The number of rotatable bonds is 0. The molecule has 0 aromatic heterocycles. The summed E-state index contributed by atoms with van der Waals surface area (Å²) in [5, 5.41) is 13.9. The normalized spacial score (nSPS) is 11.0. The van der Waals surface area contributed by atoms with Gasteiger partial charge in [0.2, 0.25) is 0 Å². The van der Waals surface area contributed by atoms with Crippen molar-refractivity contribution < 1.29 is 5.11 Å². The van der Waals surface area contributed by atoms with Gasteiger partial charge in [0.05, 0.1) is 0 Å². The number of hydrogen-bond donors (Lipinski definition) is 2. The molecule has 3 N–H and O–H groups in total. The Kier molecular flexibility index (Phi) is 1.77. The van der Waals surface area contributed by atoms with Crippen LogP contribution in [0.25, 0.3) is 21.5 Å². The van der Waals surface area contributed by atoms with E-state index >= 15 is 0 Å². The summed E-state index contributed by atoms with van der Waals surface area (Å²) in [5.74, 6) is 0.300. The maximum atomic E-state index is 9.92. The van der Waals surface area contributed by atoms with Crippen LogP contribution in [-0.2, 0) is 0 Å². The van der Waals surface area contributed by atoms with E-state index in [0.717, 1.165) is 21.5 Å². The van der Waals surface area contributed by atoms with E-state index in [1.54, 1.807) is 6.07 Å². The second-order valence-electron chi connectivity index (χ2n) is 3.92. The summed E-state index contributed by atoms with van der Waals surface area (Å²) >= 11 is 0. The fourth-order valence-corrected chi connectivity index (χ4v) is 2.11. The molecular formula is C14H11NO. The molecule has 0 aliphatic carbocycles. The van der Waals surface area contributed by atoms with E-state index in [4.69, 9.17) is 5.73 Å². The van der Waals surface area contributed by atoms with Gasteiger partial charge in [-0.2, -0.15) is 0 Å². The molecule has 3 aromatic rings. The van der Waals surface area contributed by atoms with Crippen LogP contribution in [0.1, 0.15) is 0 Å². The molecule has 2 nitrogen and oxygen atoms in total. The van der Waals surface area contributed by atoms with Gasteiger partial charge in [-0.15, -0.1) is 0 Å². The summed E-state index contributed by atoms with van der Waals surface area (Å²) in [7, 11) is 0. The van der Waals surface area contributed by atoms with E-state index in [0.29, 0.717) is 11.4 Å². The minimum Gasteiger partial charge on any atom is -0.507 e. The van der Waals surface area contributed by atoms with Crippen molar-refractivity contribution >= 4 is 27.2 Å². The second-order valence-corrected chi connectivity index (χ2v) is 3.92. The quantitative estimate of drug-likeness (QED) is 0.441. The molecule has 0 unspecified atom stereocenters. The summed E-state index contributed by atoms with van der Waals surface area (Å²) in [4.78, 5) is 0. The number of fused-ring (bicyclic) bond motifs is 3. The van der Waals surface area contributed by atoms with Gasteiger partial charge in [0.1, 0.15) is 5.75 Å². The highest BCUT2D eigenvalue weighted by Gasteiger charge is 2.04. The zero-order valence-electron chi connectivity index (χ0n) is 8.64. The molecular weight excluding hydrogens is 198 g/mol. The number of anilines is 1. The predicted molar refractivity (Wildman–Crippen MR) is 67.5 cm³/mol. The lowest BCUT2D eigenvalue weighted by molar-refractivity contribution is 0.482. The van der Waals surface area contributed by atoms with Crippen molar-refractivity contribution in [3.63, 3.8) is 0 Å². The number of nitrogens with two attached hydrogens (primary N) is 1. The first kappa shape index (κ1) is 9.04. The van der Waals surface area contributed by atoms with Crippen molar-refractivity contribution in [3.8, 4) is 5.75 Å². The van der Waals surface area contributed by atoms with E-state index in [-0.39, 0.29) is 0 Å². The monoisotopic (exact) mass is 209 g/mol. The van der Waals surface area contributed by atoms with E-state index in [2.05, 4.69) is 0 Å². The Hall–Kier alpha value is -2.22. The van der Waals surface area contributed by atoms with Crippen LogP contribution in [0.4, 0.5) is 5.69 Å². The van der Waals surface area contributed by atoms with Gasteiger partial charge in [-0.05, 0) is 34.4 Å². The topological polar surface area (TPSA) is 46.2 Å². The Bertz CT molecular complexity index is 689. The summed E-state index contributed by atoms with van der Waals surface area (Å²) in [5.41, 5.74) is 6.45. The molecule has 78 valence electrons. The first-order valence-electron chi connectivity index (χ1n) is 5.16. The molecule has 0 heterocycles. The van der Waals surface area contributed by atoms with Crippen LogP contribution in [0.2, 0.25) is 0 Å². The van der Waals surface area contributed by atoms with Gasteiger partial charge >= 0.3 is 0 Å². The highest BCUT2D eigenvalue weighted by molar-refractivity contribution is 6.10. The molecule has 0 fully saturated rings. The maximum Gasteiger partial charge on any atom is 0.124 e. The zero-order valence-corrected chi connectivity index (χ0v) is 8.64. The average Bonchev–Trinajstić information content (AvgIpc) is 2.29. The minimum atomic E-state index is 0.300. The van der Waals surface area contributed by atoms with Crippen molar-refractivity contribution in [2.45, 2.75) is 0 Å². The summed E-state index contributed by atoms with van der Waals surface area (Å²) in [6.07, 6.45) is 0. The number of nitrogen functional groups attached to an aromatic ring is 1. The Morgan fingerprint density at radius 3 is 2.38 bits per heavy atom. The molecule has 0 aliphatic heterocycles. The van der Waals surface area contributed by atoms with E-state index in [1.165, 1.54) is 0 Å². The Morgan fingerprint density at radius 1 is 0.812 bits per heavy atom. The van der Waals surface area contributed by atoms with Gasteiger partial charge in [-0.25, -0.2) is 0 Å². The van der Waals surface area contributed by atoms with E-state index in [9.17, 15) is 5.11 Å². The molecule has 2 heteroatoms. The molecule has 3 rings (SSSR count). The highest BCUT2D eigenvalue weighted by atomic mass is 16.3. The number of phenols is 1. The number of benzene rings is 3. The van der Waals surface area contributed by atoms with Gasteiger partial charge < -0.3 is 10.8 Å². The Balaban J connectivity index is 2.59. The molecule has 0 aliphatic rings. The molecule has 0 saturated heterocycles. The molecule has 0 radical (unpaired) electrons. The lowest BCUT2D eigenvalue weighted by Crippen LogP contribution is -1.85. The Labute approximate surface area is 92.9 Å². The lowest BCUT2D eigenvalue weighted by Gasteiger charge is -2.06.